The van der Waals surface area contributed by atoms with Gasteiger partial charge in [-0.15, -0.1) is 6.42 Å². The summed E-state index contributed by atoms with van der Waals surface area (Å²) in [6.45, 7) is 5.90. The average molecular weight is 213 g/mol. The van der Waals surface area contributed by atoms with Crippen LogP contribution in [0.25, 0.3) is 0 Å². The predicted molar refractivity (Wildman–Crippen MR) is 59.4 cm³/mol. The van der Waals surface area contributed by atoms with Crippen LogP contribution in [0.1, 0.15) is 6.92 Å². The maximum absolute atomic E-state index is 11.1. The van der Waals surface area contributed by atoms with Gasteiger partial charge in [-0.1, -0.05) is 5.92 Å². The molecule has 1 heterocycles. The lowest BCUT2D eigenvalue weighted by Gasteiger charge is -2.26. The number of hydrogen-bond acceptors (Lipinski definition) is 4. The Kier molecular flexibility index (Phi) is 8.53. The molecule has 0 bridgehead atoms. The van der Waals surface area contributed by atoms with Gasteiger partial charge in [-0.25, -0.2) is 4.79 Å². The molecule has 5 nitrogen and oxygen atoms in total. The van der Waals surface area contributed by atoms with Crippen LogP contribution in [0.4, 0.5) is 4.79 Å². The Morgan fingerprint density at radius 3 is 2.53 bits per heavy atom. The highest BCUT2D eigenvalue weighted by atomic mass is 16.6. The zero-order valence-electron chi connectivity index (χ0n) is 9.16. The van der Waals surface area contributed by atoms with E-state index in [-0.39, 0.29) is 6.09 Å². The lowest BCUT2D eigenvalue weighted by Crippen LogP contribution is -2.46. The number of rotatable bonds is 1. The largest absolute Gasteiger partial charge is 0.450 e. The van der Waals surface area contributed by atoms with E-state index in [4.69, 9.17) is 10.5 Å². The predicted octanol–water partition coefficient (Wildman–Crippen LogP) is -0.374. The van der Waals surface area contributed by atoms with Crippen LogP contribution in [0.5, 0.6) is 0 Å². The minimum Gasteiger partial charge on any atom is -0.450 e. The summed E-state index contributed by atoms with van der Waals surface area (Å²) in [5, 5.41) is 3.16. The number of carbonyl (C=O) groups is 1. The number of carbonyl (C=O) groups excluding carboxylic acids is 1. The molecule has 0 spiro atoms. The number of nitrogens with zero attached hydrogens (tertiary/aromatic N) is 1. The molecule has 0 saturated carbocycles. The van der Waals surface area contributed by atoms with E-state index in [1.165, 1.54) is 0 Å². The van der Waals surface area contributed by atoms with Crippen molar-refractivity contribution in [2.45, 2.75) is 6.92 Å². The van der Waals surface area contributed by atoms with Crippen LogP contribution in [0, 0.1) is 12.3 Å². The number of ether oxygens (including phenoxy) is 1. The maximum Gasteiger partial charge on any atom is 0.409 e. The molecule has 0 aromatic carbocycles. The van der Waals surface area contributed by atoms with Crippen LogP contribution in [-0.2, 0) is 4.74 Å². The fourth-order valence-corrected chi connectivity index (χ4v) is 1.06. The third-order valence-corrected chi connectivity index (χ3v) is 1.76. The van der Waals surface area contributed by atoms with E-state index in [2.05, 4.69) is 17.7 Å². The summed E-state index contributed by atoms with van der Waals surface area (Å²) in [7, 11) is 0. The molecule has 0 aliphatic carbocycles. The van der Waals surface area contributed by atoms with Crippen molar-refractivity contribution in [1.29, 1.82) is 0 Å². The van der Waals surface area contributed by atoms with Gasteiger partial charge in [0.25, 0.3) is 0 Å². The summed E-state index contributed by atoms with van der Waals surface area (Å²) in [6.07, 6.45) is 4.47. The highest BCUT2D eigenvalue weighted by Crippen LogP contribution is 1.95. The molecule has 1 aliphatic heterocycles. The number of amides is 1. The van der Waals surface area contributed by atoms with E-state index < -0.39 is 0 Å². The van der Waals surface area contributed by atoms with Gasteiger partial charge in [-0.2, -0.15) is 0 Å². The van der Waals surface area contributed by atoms with Crippen LogP contribution in [0.2, 0.25) is 0 Å². The molecule has 15 heavy (non-hydrogen) atoms. The summed E-state index contributed by atoms with van der Waals surface area (Å²) >= 11 is 0. The van der Waals surface area contributed by atoms with Crippen LogP contribution >= 0.6 is 0 Å². The standard InChI is InChI=1S/C7H14N2O2.C3H5N/c1-2-11-7(10)9-5-3-8-4-6-9;1-2-3-4/h8H,2-6H2,1H3;1H,3-4H2. The second-order valence-electron chi connectivity index (χ2n) is 2.84. The minimum atomic E-state index is -0.186. The SMILES string of the molecule is C#CCN.CCOC(=O)N1CCNCC1. The molecule has 5 heteroatoms. The van der Waals surface area contributed by atoms with E-state index in [1.807, 2.05) is 6.92 Å². The smallest absolute Gasteiger partial charge is 0.409 e. The number of hydrogen-bond donors (Lipinski definition) is 2. The van der Waals surface area contributed by atoms with Gasteiger partial charge in [-0.05, 0) is 6.92 Å². The van der Waals surface area contributed by atoms with Crippen molar-refractivity contribution < 1.29 is 9.53 Å². The van der Waals surface area contributed by atoms with Gasteiger partial charge >= 0.3 is 6.09 Å². The van der Waals surface area contributed by atoms with Crippen LogP contribution in [0.15, 0.2) is 0 Å². The molecule has 0 unspecified atom stereocenters. The molecule has 0 radical (unpaired) electrons. The summed E-state index contributed by atoms with van der Waals surface area (Å²) in [6, 6.07) is 0. The molecule has 1 aliphatic rings. The Hall–Kier alpha value is -1.25. The summed E-state index contributed by atoms with van der Waals surface area (Å²) < 4.78 is 4.84. The Balaban J connectivity index is 0.000000423. The molecule has 1 rings (SSSR count). The second kappa shape index (κ2) is 9.31. The summed E-state index contributed by atoms with van der Waals surface area (Å²) in [4.78, 5) is 12.8. The number of piperazine rings is 1. The first kappa shape index (κ1) is 13.8. The maximum atomic E-state index is 11.1. The van der Waals surface area contributed by atoms with Crippen molar-refractivity contribution in [3.8, 4) is 12.3 Å². The molecule has 3 N–H and O–H groups in total. The van der Waals surface area contributed by atoms with Gasteiger partial charge in [0.1, 0.15) is 0 Å². The lowest BCUT2D eigenvalue weighted by molar-refractivity contribution is 0.102. The van der Waals surface area contributed by atoms with Gasteiger partial charge < -0.3 is 20.7 Å². The van der Waals surface area contributed by atoms with Crippen LogP contribution in [0.3, 0.4) is 0 Å². The first-order valence-corrected chi connectivity index (χ1v) is 5.02. The van der Waals surface area contributed by atoms with Gasteiger partial charge in [0, 0.05) is 26.2 Å². The van der Waals surface area contributed by atoms with Crippen molar-refractivity contribution in [1.82, 2.24) is 10.2 Å². The lowest BCUT2D eigenvalue weighted by atomic mass is 10.4. The fraction of sp³-hybridized carbons (Fsp3) is 0.700. The molecular formula is C10H19N3O2. The summed E-state index contributed by atoms with van der Waals surface area (Å²) in [5.74, 6) is 2.21. The summed E-state index contributed by atoms with van der Waals surface area (Å²) in [5.41, 5.74) is 4.79. The van der Waals surface area contributed by atoms with E-state index >= 15 is 0 Å². The van der Waals surface area contributed by atoms with E-state index in [9.17, 15) is 4.79 Å². The molecule has 0 aromatic rings. The van der Waals surface area contributed by atoms with Crippen LogP contribution < -0.4 is 11.1 Å². The van der Waals surface area contributed by atoms with Crippen molar-refractivity contribution in [3.05, 3.63) is 0 Å². The number of nitrogens with one attached hydrogen (secondary N) is 1. The van der Waals surface area contributed by atoms with Crippen molar-refractivity contribution in [2.75, 3.05) is 39.3 Å². The molecule has 86 valence electrons. The van der Waals surface area contributed by atoms with Crippen molar-refractivity contribution >= 4 is 6.09 Å². The first-order valence-electron chi connectivity index (χ1n) is 5.02. The highest BCUT2D eigenvalue weighted by Gasteiger charge is 2.15. The zero-order chi connectivity index (χ0) is 11.5. The average Bonchev–Trinajstić information content (AvgIpc) is 2.31. The Morgan fingerprint density at radius 1 is 1.60 bits per heavy atom. The third-order valence-electron chi connectivity index (χ3n) is 1.76. The quantitative estimate of drug-likeness (QED) is 0.583. The van der Waals surface area contributed by atoms with E-state index in [0.717, 1.165) is 26.2 Å². The molecule has 1 saturated heterocycles. The number of terminal acetylenes is 1. The monoisotopic (exact) mass is 213 g/mol. The van der Waals surface area contributed by atoms with Gasteiger partial charge in [0.2, 0.25) is 0 Å². The Morgan fingerprint density at radius 2 is 2.13 bits per heavy atom. The van der Waals surface area contributed by atoms with Gasteiger partial charge in [0.05, 0.1) is 13.2 Å². The zero-order valence-corrected chi connectivity index (χ0v) is 9.16. The molecule has 0 atom stereocenters. The Labute approximate surface area is 90.9 Å². The van der Waals surface area contributed by atoms with Gasteiger partial charge in [0.15, 0.2) is 0 Å². The molecule has 1 amide bonds. The normalized spacial score (nSPS) is 14.6. The van der Waals surface area contributed by atoms with Gasteiger partial charge in [-0.3, -0.25) is 0 Å². The molecular weight excluding hydrogens is 194 g/mol. The first-order chi connectivity index (χ1) is 7.26. The second-order valence-corrected chi connectivity index (χ2v) is 2.84. The third kappa shape index (κ3) is 6.77. The van der Waals surface area contributed by atoms with Crippen molar-refractivity contribution in [3.63, 3.8) is 0 Å². The van der Waals surface area contributed by atoms with Crippen molar-refractivity contribution in [2.24, 2.45) is 5.73 Å². The molecule has 0 aromatic heterocycles. The minimum absolute atomic E-state index is 0.186. The topological polar surface area (TPSA) is 67.6 Å². The van der Waals surface area contributed by atoms with E-state index in [0.29, 0.717) is 13.2 Å². The van der Waals surface area contributed by atoms with E-state index in [1.54, 1.807) is 4.90 Å². The molecule has 1 fully saturated rings. The Bertz CT molecular complexity index is 207. The highest BCUT2D eigenvalue weighted by molar-refractivity contribution is 5.67. The number of nitrogens with two attached hydrogens (primary N) is 1. The van der Waals surface area contributed by atoms with Crippen LogP contribution in [-0.4, -0.2) is 50.3 Å². The fourth-order valence-electron chi connectivity index (χ4n) is 1.06.